The first-order valence-corrected chi connectivity index (χ1v) is 6.66. The summed E-state index contributed by atoms with van der Waals surface area (Å²) in [4.78, 5) is 13.9. The van der Waals surface area contributed by atoms with Gasteiger partial charge in [0.1, 0.15) is 0 Å². The molecule has 1 aliphatic rings. The summed E-state index contributed by atoms with van der Waals surface area (Å²) in [5.41, 5.74) is 1.36. The molecule has 1 heterocycles. The molecule has 6 heteroatoms. The molecule has 2 rings (SSSR count). The number of carbonyl (C=O) groups is 1. The third-order valence-corrected chi connectivity index (χ3v) is 3.15. The highest BCUT2D eigenvalue weighted by Gasteiger charge is 2.24. The standard InChI is InChI=1S/C15H16F3NO2/c16-15(17,18)7-1-2-14(20)12-3-5-13(6-4-12)19-8-10-21-11-9-19/h1-6H,7-11H2/b2-1+. The molecule has 0 N–H and O–H groups in total. The van der Waals surface area contributed by atoms with Crippen LogP contribution in [0.1, 0.15) is 16.8 Å². The third kappa shape index (κ3) is 4.90. The van der Waals surface area contributed by atoms with Gasteiger partial charge >= 0.3 is 6.18 Å². The van der Waals surface area contributed by atoms with E-state index >= 15 is 0 Å². The van der Waals surface area contributed by atoms with E-state index in [0.717, 1.165) is 30.9 Å². The minimum atomic E-state index is -4.28. The summed E-state index contributed by atoms with van der Waals surface area (Å²) < 4.78 is 41.2. The monoisotopic (exact) mass is 299 g/mol. The molecule has 1 saturated heterocycles. The van der Waals surface area contributed by atoms with Crippen LogP contribution in [-0.4, -0.2) is 38.3 Å². The summed E-state index contributed by atoms with van der Waals surface area (Å²) in [7, 11) is 0. The zero-order valence-electron chi connectivity index (χ0n) is 11.4. The molecule has 1 aliphatic heterocycles. The van der Waals surface area contributed by atoms with Gasteiger partial charge in [-0.2, -0.15) is 13.2 Å². The summed E-state index contributed by atoms with van der Waals surface area (Å²) in [6, 6.07) is 6.86. The number of anilines is 1. The van der Waals surface area contributed by atoms with Crippen LogP contribution in [0.4, 0.5) is 18.9 Å². The van der Waals surface area contributed by atoms with Crippen molar-refractivity contribution in [1.82, 2.24) is 0 Å². The van der Waals surface area contributed by atoms with Gasteiger partial charge in [0, 0.05) is 24.3 Å². The summed E-state index contributed by atoms with van der Waals surface area (Å²) in [5, 5.41) is 0. The first kappa shape index (κ1) is 15.6. The van der Waals surface area contributed by atoms with E-state index in [9.17, 15) is 18.0 Å². The van der Waals surface area contributed by atoms with Crippen LogP contribution in [0.5, 0.6) is 0 Å². The van der Waals surface area contributed by atoms with Crippen LogP contribution in [0.25, 0.3) is 0 Å². The maximum absolute atomic E-state index is 12.0. The van der Waals surface area contributed by atoms with Gasteiger partial charge < -0.3 is 9.64 Å². The molecule has 1 aromatic rings. The van der Waals surface area contributed by atoms with Crippen molar-refractivity contribution >= 4 is 11.5 Å². The minimum absolute atomic E-state index is 0.380. The summed E-state index contributed by atoms with van der Waals surface area (Å²) in [6.07, 6.45) is -3.56. The Hall–Kier alpha value is -1.82. The van der Waals surface area contributed by atoms with Crippen molar-refractivity contribution in [3.63, 3.8) is 0 Å². The molecule has 3 nitrogen and oxygen atoms in total. The predicted octanol–water partition coefficient (Wildman–Crippen LogP) is 3.21. The normalized spacial score (nSPS) is 16.4. The number of benzene rings is 1. The lowest BCUT2D eigenvalue weighted by Gasteiger charge is -2.28. The number of carbonyl (C=O) groups excluding carboxylic acids is 1. The number of nitrogens with zero attached hydrogens (tertiary/aromatic N) is 1. The van der Waals surface area contributed by atoms with E-state index < -0.39 is 18.4 Å². The number of alkyl halides is 3. The highest BCUT2D eigenvalue weighted by Crippen LogP contribution is 2.20. The number of hydrogen-bond acceptors (Lipinski definition) is 3. The fourth-order valence-corrected chi connectivity index (χ4v) is 2.05. The zero-order chi connectivity index (χ0) is 15.3. The van der Waals surface area contributed by atoms with E-state index in [1.165, 1.54) is 0 Å². The van der Waals surface area contributed by atoms with Gasteiger partial charge in [-0.15, -0.1) is 0 Å². The second-order valence-corrected chi connectivity index (χ2v) is 4.73. The maximum Gasteiger partial charge on any atom is 0.392 e. The van der Waals surface area contributed by atoms with Crippen molar-refractivity contribution in [2.75, 3.05) is 31.2 Å². The molecule has 1 fully saturated rings. The van der Waals surface area contributed by atoms with Gasteiger partial charge in [0.2, 0.25) is 0 Å². The van der Waals surface area contributed by atoms with Gasteiger partial charge in [-0.25, -0.2) is 0 Å². The Kier molecular flexibility index (Phi) is 5.01. The Bertz CT molecular complexity index is 503. The molecule has 21 heavy (non-hydrogen) atoms. The van der Waals surface area contributed by atoms with E-state index in [1.807, 2.05) is 0 Å². The highest BCUT2D eigenvalue weighted by molar-refractivity contribution is 6.04. The van der Waals surface area contributed by atoms with Gasteiger partial charge in [-0.3, -0.25) is 4.79 Å². The molecule has 0 atom stereocenters. The SMILES string of the molecule is O=C(/C=C/CC(F)(F)F)c1ccc(N2CCOCC2)cc1. The smallest absolute Gasteiger partial charge is 0.378 e. The van der Waals surface area contributed by atoms with Crippen molar-refractivity contribution in [3.8, 4) is 0 Å². The van der Waals surface area contributed by atoms with Crippen LogP contribution in [0.2, 0.25) is 0 Å². The molecule has 1 aromatic carbocycles. The maximum atomic E-state index is 12.0. The van der Waals surface area contributed by atoms with Crippen LogP contribution in [0, 0.1) is 0 Å². The Morgan fingerprint density at radius 3 is 2.38 bits per heavy atom. The van der Waals surface area contributed by atoms with Gasteiger partial charge in [0.15, 0.2) is 5.78 Å². The van der Waals surface area contributed by atoms with Crippen molar-refractivity contribution < 1.29 is 22.7 Å². The lowest BCUT2D eigenvalue weighted by Crippen LogP contribution is -2.36. The molecule has 0 aromatic heterocycles. The number of ketones is 1. The van der Waals surface area contributed by atoms with Crippen LogP contribution < -0.4 is 4.90 Å². The molecule has 0 bridgehead atoms. The number of allylic oxidation sites excluding steroid dienone is 2. The third-order valence-electron chi connectivity index (χ3n) is 3.15. The Labute approximate surface area is 121 Å². The fourth-order valence-electron chi connectivity index (χ4n) is 2.05. The average molecular weight is 299 g/mol. The summed E-state index contributed by atoms with van der Waals surface area (Å²) >= 11 is 0. The molecular weight excluding hydrogens is 283 g/mol. The highest BCUT2D eigenvalue weighted by atomic mass is 19.4. The van der Waals surface area contributed by atoms with Crippen molar-refractivity contribution in [2.24, 2.45) is 0 Å². The number of hydrogen-bond donors (Lipinski definition) is 0. The molecule has 0 spiro atoms. The van der Waals surface area contributed by atoms with E-state index in [1.54, 1.807) is 24.3 Å². The molecule has 0 radical (unpaired) electrons. The van der Waals surface area contributed by atoms with Crippen LogP contribution >= 0.6 is 0 Å². The van der Waals surface area contributed by atoms with Gasteiger partial charge in [-0.05, 0) is 30.3 Å². The Morgan fingerprint density at radius 2 is 1.81 bits per heavy atom. The van der Waals surface area contributed by atoms with Crippen molar-refractivity contribution in [3.05, 3.63) is 42.0 Å². The Balaban J connectivity index is 1.96. The lowest BCUT2D eigenvalue weighted by molar-refractivity contribution is -0.125. The largest absolute Gasteiger partial charge is 0.392 e. The Morgan fingerprint density at radius 1 is 1.19 bits per heavy atom. The second-order valence-electron chi connectivity index (χ2n) is 4.73. The quantitative estimate of drug-likeness (QED) is 0.631. The predicted molar refractivity (Wildman–Crippen MR) is 73.6 cm³/mol. The fraction of sp³-hybridized carbons (Fsp3) is 0.400. The van der Waals surface area contributed by atoms with E-state index in [-0.39, 0.29) is 0 Å². The van der Waals surface area contributed by atoms with E-state index in [2.05, 4.69) is 4.90 Å². The molecule has 0 unspecified atom stereocenters. The number of rotatable bonds is 4. The average Bonchev–Trinajstić information content (AvgIpc) is 2.47. The van der Waals surface area contributed by atoms with Crippen molar-refractivity contribution in [1.29, 1.82) is 0 Å². The molecule has 0 saturated carbocycles. The molecule has 114 valence electrons. The zero-order valence-corrected chi connectivity index (χ0v) is 11.4. The molecule has 0 amide bonds. The van der Waals surface area contributed by atoms with Crippen molar-refractivity contribution in [2.45, 2.75) is 12.6 Å². The number of morpholine rings is 1. The van der Waals surface area contributed by atoms with Crippen LogP contribution in [-0.2, 0) is 4.74 Å². The van der Waals surface area contributed by atoms with Crippen LogP contribution in [0.3, 0.4) is 0 Å². The van der Waals surface area contributed by atoms with Gasteiger partial charge in [0.25, 0.3) is 0 Å². The molecule has 0 aliphatic carbocycles. The number of halogens is 3. The number of ether oxygens (including phenoxy) is 1. The van der Waals surface area contributed by atoms with Gasteiger partial charge in [-0.1, -0.05) is 6.08 Å². The first-order valence-electron chi connectivity index (χ1n) is 6.66. The van der Waals surface area contributed by atoms with E-state index in [4.69, 9.17) is 4.74 Å². The summed E-state index contributed by atoms with van der Waals surface area (Å²) in [6.45, 7) is 2.92. The topological polar surface area (TPSA) is 29.5 Å². The van der Waals surface area contributed by atoms with Gasteiger partial charge in [0.05, 0.1) is 19.6 Å². The minimum Gasteiger partial charge on any atom is -0.378 e. The second kappa shape index (κ2) is 6.76. The summed E-state index contributed by atoms with van der Waals surface area (Å²) in [5.74, 6) is -0.423. The first-order chi connectivity index (χ1) is 9.96. The molecular formula is C15H16F3NO2. The lowest BCUT2D eigenvalue weighted by atomic mass is 10.1. The van der Waals surface area contributed by atoms with Crippen LogP contribution in [0.15, 0.2) is 36.4 Å². The van der Waals surface area contributed by atoms with E-state index in [0.29, 0.717) is 18.8 Å².